The second-order valence-corrected chi connectivity index (χ2v) is 9.81. The van der Waals surface area contributed by atoms with Crippen LogP contribution in [0, 0.1) is 0 Å². The van der Waals surface area contributed by atoms with Gasteiger partial charge in [-0.05, 0) is 32.8 Å². The van der Waals surface area contributed by atoms with E-state index in [0.29, 0.717) is 23.5 Å². The number of hydrogen-bond acceptors (Lipinski definition) is 4. The van der Waals surface area contributed by atoms with E-state index in [-0.39, 0.29) is 28.9 Å². The second-order valence-electron chi connectivity index (χ2n) is 7.75. The van der Waals surface area contributed by atoms with Crippen molar-refractivity contribution in [3.63, 3.8) is 0 Å². The average Bonchev–Trinajstić information content (AvgIpc) is 3.02. The largest absolute Gasteiger partial charge is 0.310 e. The molecule has 1 aliphatic rings. The number of nitrogens with one attached hydrogen (secondary N) is 1. The molecule has 0 saturated carbocycles. The quantitative estimate of drug-likeness (QED) is 0.890. The Hall–Kier alpha value is -2.15. The molecule has 0 radical (unpaired) electrons. The van der Waals surface area contributed by atoms with Crippen LogP contribution in [0.1, 0.15) is 56.9 Å². The van der Waals surface area contributed by atoms with Crippen LogP contribution < -0.4 is 5.32 Å². The maximum Gasteiger partial charge on any atom is 0.233 e. The van der Waals surface area contributed by atoms with Gasteiger partial charge < -0.3 is 5.32 Å². The molecular formula is C19H25N3O3S. The van der Waals surface area contributed by atoms with Crippen molar-refractivity contribution in [2.45, 2.75) is 57.1 Å². The van der Waals surface area contributed by atoms with Gasteiger partial charge in [-0.2, -0.15) is 5.10 Å². The van der Waals surface area contributed by atoms with Crippen molar-refractivity contribution in [1.29, 1.82) is 0 Å². The molecule has 0 bridgehead atoms. The summed E-state index contributed by atoms with van der Waals surface area (Å²) in [5, 5.41) is 7.47. The molecule has 3 rings (SSSR count). The molecule has 2 heterocycles. The predicted octanol–water partition coefficient (Wildman–Crippen LogP) is 3.20. The maximum absolute atomic E-state index is 13.0. The van der Waals surface area contributed by atoms with Crippen molar-refractivity contribution in [2.75, 3.05) is 5.32 Å². The van der Waals surface area contributed by atoms with E-state index in [1.165, 1.54) is 0 Å². The lowest BCUT2D eigenvalue weighted by Crippen LogP contribution is -2.29. The molecule has 26 heavy (non-hydrogen) atoms. The zero-order valence-electron chi connectivity index (χ0n) is 15.6. The van der Waals surface area contributed by atoms with Gasteiger partial charge >= 0.3 is 0 Å². The Morgan fingerprint density at radius 1 is 1.23 bits per heavy atom. The summed E-state index contributed by atoms with van der Waals surface area (Å²) < 4.78 is 25.7. The number of nitrogens with zero attached hydrogens (tertiary/aromatic N) is 2. The summed E-state index contributed by atoms with van der Waals surface area (Å²) in [6.07, 6.45) is 0.653. The summed E-state index contributed by atoms with van der Waals surface area (Å²) >= 11 is 0. The summed E-state index contributed by atoms with van der Waals surface area (Å²) in [7, 11) is -3.19. The first-order chi connectivity index (χ1) is 12.1. The standard InChI is InChI=1S/C19H25N3O3S/c1-5-14(13-9-7-6-8-10-13)18(23)20-17-15-11-26(24,25)12-16(15)21-22(17)19(2,3)4/h6-10,14H,5,11-12H2,1-4H3,(H,20,23)/t14-/m0/s1. The highest BCUT2D eigenvalue weighted by atomic mass is 32.2. The van der Waals surface area contributed by atoms with Crippen molar-refractivity contribution in [3.05, 3.63) is 47.2 Å². The van der Waals surface area contributed by atoms with Crippen LogP contribution in [0.25, 0.3) is 0 Å². The fraction of sp³-hybridized carbons (Fsp3) is 0.474. The number of carbonyl (C=O) groups is 1. The zero-order chi connectivity index (χ0) is 19.1. The molecular weight excluding hydrogens is 350 g/mol. The number of benzene rings is 1. The molecule has 2 aromatic rings. The molecule has 1 aromatic carbocycles. The van der Waals surface area contributed by atoms with Crippen LogP contribution in [0.2, 0.25) is 0 Å². The van der Waals surface area contributed by atoms with Crippen molar-refractivity contribution < 1.29 is 13.2 Å². The number of hydrogen-bond donors (Lipinski definition) is 1. The summed E-state index contributed by atoms with van der Waals surface area (Å²) in [4.78, 5) is 13.0. The SMILES string of the molecule is CC[C@H](C(=O)Nc1c2c(nn1C(C)(C)C)CS(=O)(=O)C2)c1ccccc1. The highest BCUT2D eigenvalue weighted by molar-refractivity contribution is 7.90. The maximum atomic E-state index is 13.0. The number of sulfone groups is 1. The molecule has 0 fully saturated rings. The fourth-order valence-electron chi connectivity index (χ4n) is 3.32. The summed E-state index contributed by atoms with van der Waals surface area (Å²) in [6, 6.07) is 9.61. The van der Waals surface area contributed by atoms with E-state index < -0.39 is 9.84 Å². The van der Waals surface area contributed by atoms with Crippen LogP contribution >= 0.6 is 0 Å². The van der Waals surface area contributed by atoms with E-state index >= 15 is 0 Å². The first-order valence-electron chi connectivity index (χ1n) is 8.80. The van der Waals surface area contributed by atoms with Crippen LogP contribution in [-0.4, -0.2) is 24.1 Å². The average molecular weight is 375 g/mol. The van der Waals surface area contributed by atoms with Gasteiger partial charge in [-0.15, -0.1) is 0 Å². The molecule has 1 atom stereocenters. The Morgan fingerprint density at radius 2 is 1.88 bits per heavy atom. The number of anilines is 1. The third-order valence-corrected chi connectivity index (χ3v) is 6.03. The predicted molar refractivity (Wildman–Crippen MR) is 102 cm³/mol. The number of aromatic nitrogens is 2. The van der Waals surface area contributed by atoms with Crippen LogP contribution in [-0.2, 0) is 31.7 Å². The Morgan fingerprint density at radius 3 is 2.46 bits per heavy atom. The van der Waals surface area contributed by atoms with Gasteiger partial charge in [-0.3, -0.25) is 4.79 Å². The first kappa shape index (κ1) is 18.6. The van der Waals surface area contributed by atoms with E-state index in [1.54, 1.807) is 4.68 Å². The van der Waals surface area contributed by atoms with Gasteiger partial charge in [0.15, 0.2) is 9.84 Å². The van der Waals surface area contributed by atoms with E-state index in [1.807, 2.05) is 58.0 Å². The van der Waals surface area contributed by atoms with Crippen LogP contribution in [0.3, 0.4) is 0 Å². The monoisotopic (exact) mass is 375 g/mol. The Bertz CT molecular complexity index is 925. The topological polar surface area (TPSA) is 81.1 Å². The smallest absolute Gasteiger partial charge is 0.233 e. The number of amides is 1. The third kappa shape index (κ3) is 3.53. The summed E-state index contributed by atoms with van der Waals surface area (Å²) in [5.41, 5.74) is 1.74. The Labute approximate surface area is 154 Å². The molecule has 140 valence electrons. The molecule has 6 nitrogen and oxygen atoms in total. The van der Waals surface area contributed by atoms with Crippen LogP contribution in [0.5, 0.6) is 0 Å². The van der Waals surface area contributed by atoms with Crippen molar-refractivity contribution in [1.82, 2.24) is 9.78 Å². The highest BCUT2D eigenvalue weighted by Crippen LogP contribution is 2.35. The first-order valence-corrected chi connectivity index (χ1v) is 10.6. The highest BCUT2D eigenvalue weighted by Gasteiger charge is 2.35. The van der Waals surface area contributed by atoms with E-state index in [4.69, 9.17) is 0 Å². The molecule has 0 aliphatic carbocycles. The second kappa shape index (κ2) is 6.54. The lowest BCUT2D eigenvalue weighted by molar-refractivity contribution is -0.117. The Balaban J connectivity index is 1.98. The number of rotatable bonds is 4. The molecule has 7 heteroatoms. The minimum Gasteiger partial charge on any atom is -0.310 e. The van der Waals surface area contributed by atoms with Gasteiger partial charge in [0.1, 0.15) is 5.82 Å². The molecule has 1 N–H and O–H groups in total. The van der Waals surface area contributed by atoms with Gasteiger partial charge in [0, 0.05) is 5.56 Å². The van der Waals surface area contributed by atoms with Crippen LogP contribution in [0.15, 0.2) is 30.3 Å². The Kier molecular flexibility index (Phi) is 4.69. The minimum absolute atomic E-state index is 0.0653. The van der Waals surface area contributed by atoms with Crippen molar-refractivity contribution >= 4 is 21.6 Å². The van der Waals surface area contributed by atoms with Gasteiger partial charge in [-0.25, -0.2) is 13.1 Å². The van der Waals surface area contributed by atoms with Crippen LogP contribution in [0.4, 0.5) is 5.82 Å². The summed E-state index contributed by atoms with van der Waals surface area (Å²) in [6.45, 7) is 7.91. The van der Waals surface area contributed by atoms with Crippen molar-refractivity contribution in [2.24, 2.45) is 0 Å². The van der Waals surface area contributed by atoms with Crippen molar-refractivity contribution in [3.8, 4) is 0 Å². The molecule has 1 aromatic heterocycles. The molecule has 0 unspecified atom stereocenters. The zero-order valence-corrected chi connectivity index (χ0v) is 16.4. The lowest BCUT2D eigenvalue weighted by atomic mass is 9.95. The van der Waals surface area contributed by atoms with Gasteiger partial charge in [0.05, 0.1) is 28.7 Å². The lowest BCUT2D eigenvalue weighted by Gasteiger charge is -2.24. The molecule has 1 amide bonds. The number of carbonyl (C=O) groups excluding carboxylic acids is 1. The normalized spacial score (nSPS) is 16.9. The third-order valence-electron chi connectivity index (χ3n) is 4.59. The molecule has 0 saturated heterocycles. The van der Waals surface area contributed by atoms with Gasteiger partial charge in [0.25, 0.3) is 0 Å². The molecule has 0 spiro atoms. The molecule has 1 aliphatic heterocycles. The van der Waals surface area contributed by atoms with Gasteiger partial charge in [-0.1, -0.05) is 37.3 Å². The fourth-order valence-corrected chi connectivity index (χ4v) is 4.81. The van der Waals surface area contributed by atoms with E-state index in [0.717, 1.165) is 5.56 Å². The van der Waals surface area contributed by atoms with E-state index in [2.05, 4.69) is 10.4 Å². The minimum atomic E-state index is -3.19. The summed E-state index contributed by atoms with van der Waals surface area (Å²) in [5.74, 6) is -0.0716. The number of fused-ring (bicyclic) bond motifs is 1. The van der Waals surface area contributed by atoms with Gasteiger partial charge in [0.2, 0.25) is 5.91 Å². The van der Waals surface area contributed by atoms with E-state index in [9.17, 15) is 13.2 Å².